The van der Waals surface area contributed by atoms with Crippen LogP contribution in [0.4, 0.5) is 0 Å². The first-order valence-electron chi connectivity index (χ1n) is 11.7. The van der Waals surface area contributed by atoms with Gasteiger partial charge in [0.1, 0.15) is 18.1 Å². The normalized spacial score (nSPS) is 12.0. The Balaban J connectivity index is 1.42. The number of carbonyl (C=O) groups excluding carboxylic acids is 1. The predicted molar refractivity (Wildman–Crippen MR) is 140 cm³/mol. The molecule has 0 amide bonds. The second-order valence-corrected chi connectivity index (χ2v) is 9.65. The summed E-state index contributed by atoms with van der Waals surface area (Å²) in [6.45, 7) is 4.09. The van der Waals surface area contributed by atoms with E-state index in [2.05, 4.69) is 0 Å². The van der Waals surface area contributed by atoms with Crippen molar-refractivity contribution in [3.05, 3.63) is 90.5 Å². The van der Waals surface area contributed by atoms with E-state index in [0.29, 0.717) is 34.5 Å². The molecule has 0 aliphatic rings. The first-order chi connectivity index (χ1) is 17.0. The zero-order chi connectivity index (χ0) is 24.6. The van der Waals surface area contributed by atoms with Gasteiger partial charge in [-0.1, -0.05) is 98.4 Å². The Morgan fingerprint density at radius 3 is 2.26 bits per heavy atom. The van der Waals surface area contributed by atoms with E-state index in [1.54, 1.807) is 12.1 Å². The van der Waals surface area contributed by atoms with E-state index in [1.165, 1.54) is 11.8 Å². The number of Topliss-reactive ketones (excluding diaryl/α,β-unsaturated/α-hetero) is 1. The molecule has 0 bridgehead atoms. The fourth-order valence-corrected chi connectivity index (χ4v) is 4.37. The molecule has 1 atom stereocenters. The van der Waals surface area contributed by atoms with Gasteiger partial charge >= 0.3 is 0 Å². The number of benzene rings is 3. The molecule has 1 aromatic heterocycles. The molecule has 3 aromatic carbocycles. The Hall–Kier alpha value is -3.35. The highest BCUT2D eigenvalue weighted by molar-refractivity contribution is 7.99. The Kier molecular flexibility index (Phi) is 8.40. The van der Waals surface area contributed by atoms with Crippen LogP contribution in [0.25, 0.3) is 22.6 Å². The molecular formula is C29H29NO4S. The molecule has 1 unspecified atom stereocenters. The lowest BCUT2D eigenvalue weighted by Gasteiger charge is -2.14. The van der Waals surface area contributed by atoms with Gasteiger partial charge in [-0.25, -0.2) is 4.98 Å². The summed E-state index contributed by atoms with van der Waals surface area (Å²) in [5.41, 5.74) is 3.22. The van der Waals surface area contributed by atoms with E-state index in [9.17, 15) is 9.90 Å². The van der Waals surface area contributed by atoms with Crippen LogP contribution in [0.1, 0.15) is 30.6 Å². The number of thioether (sulfide) groups is 1. The smallest absolute Gasteiger partial charge is 0.256 e. The summed E-state index contributed by atoms with van der Waals surface area (Å²) in [5.74, 6) is 1.84. The Labute approximate surface area is 210 Å². The van der Waals surface area contributed by atoms with Crippen LogP contribution in [0.15, 0.2) is 94.6 Å². The molecule has 35 heavy (non-hydrogen) atoms. The molecule has 1 heterocycles. The molecule has 1 N–H and O–H groups in total. The Morgan fingerprint density at radius 1 is 0.943 bits per heavy atom. The van der Waals surface area contributed by atoms with E-state index in [1.807, 2.05) is 86.6 Å². The highest BCUT2D eigenvalue weighted by Gasteiger charge is 2.19. The van der Waals surface area contributed by atoms with Gasteiger partial charge in [-0.3, -0.25) is 4.79 Å². The minimum absolute atomic E-state index is 0.0427. The summed E-state index contributed by atoms with van der Waals surface area (Å²) in [6.07, 6.45) is -0.309. The van der Waals surface area contributed by atoms with Gasteiger partial charge in [0.25, 0.3) is 5.22 Å². The summed E-state index contributed by atoms with van der Waals surface area (Å²) >= 11 is 1.33. The lowest BCUT2D eigenvalue weighted by Crippen LogP contribution is -2.21. The lowest BCUT2D eigenvalue weighted by atomic mass is 10.0. The average Bonchev–Trinajstić information content (AvgIpc) is 3.31. The monoisotopic (exact) mass is 487 g/mol. The van der Waals surface area contributed by atoms with Crippen molar-refractivity contribution in [3.8, 4) is 28.3 Å². The maximum absolute atomic E-state index is 12.5. The van der Waals surface area contributed by atoms with Crippen LogP contribution >= 0.6 is 11.8 Å². The molecule has 0 saturated heterocycles. The van der Waals surface area contributed by atoms with E-state index in [0.717, 1.165) is 16.8 Å². The number of ether oxygens (including phenoxy) is 1. The van der Waals surface area contributed by atoms with Crippen LogP contribution in [-0.2, 0) is 0 Å². The SMILES string of the molecule is CC(C)CC(=O)c1ccccc1OCC(O)CSc1nc(-c2ccccc2)c(-c2ccccc2)o1. The van der Waals surface area contributed by atoms with E-state index in [4.69, 9.17) is 14.1 Å². The zero-order valence-electron chi connectivity index (χ0n) is 19.9. The molecule has 0 spiro atoms. The topological polar surface area (TPSA) is 72.6 Å². The highest BCUT2D eigenvalue weighted by atomic mass is 32.2. The maximum Gasteiger partial charge on any atom is 0.256 e. The molecule has 0 saturated carbocycles. The van der Waals surface area contributed by atoms with Crippen molar-refractivity contribution < 1.29 is 19.1 Å². The van der Waals surface area contributed by atoms with Crippen LogP contribution in [0.3, 0.4) is 0 Å². The number of aliphatic hydroxyl groups is 1. The third-order valence-electron chi connectivity index (χ3n) is 5.30. The minimum atomic E-state index is -0.763. The zero-order valence-corrected chi connectivity index (χ0v) is 20.7. The number of hydrogen-bond donors (Lipinski definition) is 1. The fourth-order valence-electron chi connectivity index (χ4n) is 3.64. The van der Waals surface area contributed by atoms with Crippen molar-refractivity contribution >= 4 is 17.5 Å². The number of ketones is 1. The quantitative estimate of drug-likeness (QED) is 0.186. The Bertz CT molecular complexity index is 1180. The van der Waals surface area contributed by atoms with Crippen molar-refractivity contribution in [3.63, 3.8) is 0 Å². The molecule has 0 aliphatic carbocycles. The number of para-hydroxylation sites is 1. The Morgan fingerprint density at radius 2 is 1.57 bits per heavy atom. The van der Waals surface area contributed by atoms with Crippen LogP contribution < -0.4 is 4.74 Å². The van der Waals surface area contributed by atoms with Crippen molar-refractivity contribution in [1.82, 2.24) is 4.98 Å². The number of rotatable bonds is 11. The molecule has 4 rings (SSSR count). The summed E-state index contributed by atoms with van der Waals surface area (Å²) in [7, 11) is 0. The largest absolute Gasteiger partial charge is 0.490 e. The van der Waals surface area contributed by atoms with Crippen LogP contribution in [0, 0.1) is 5.92 Å². The van der Waals surface area contributed by atoms with Gasteiger partial charge in [-0.05, 0) is 18.1 Å². The van der Waals surface area contributed by atoms with Crippen LogP contribution in [-0.4, -0.2) is 34.3 Å². The van der Waals surface area contributed by atoms with Crippen molar-refractivity contribution in [2.45, 2.75) is 31.6 Å². The van der Waals surface area contributed by atoms with Gasteiger partial charge in [0.2, 0.25) is 0 Å². The molecule has 4 aromatic rings. The molecule has 0 aliphatic heterocycles. The molecule has 5 nitrogen and oxygen atoms in total. The van der Waals surface area contributed by atoms with E-state index >= 15 is 0 Å². The average molecular weight is 488 g/mol. The molecule has 0 radical (unpaired) electrons. The number of aromatic nitrogens is 1. The number of hydrogen-bond acceptors (Lipinski definition) is 6. The van der Waals surface area contributed by atoms with E-state index < -0.39 is 6.10 Å². The van der Waals surface area contributed by atoms with E-state index in [-0.39, 0.29) is 18.3 Å². The number of carbonyl (C=O) groups is 1. The van der Waals surface area contributed by atoms with Gasteiger partial charge in [-0.15, -0.1) is 0 Å². The molecule has 6 heteroatoms. The minimum Gasteiger partial charge on any atom is -0.490 e. The predicted octanol–water partition coefficient (Wildman–Crippen LogP) is 6.77. The summed E-state index contributed by atoms with van der Waals surface area (Å²) in [5, 5.41) is 11.0. The van der Waals surface area contributed by atoms with Gasteiger partial charge in [0.05, 0.1) is 11.7 Å². The fraction of sp³-hybridized carbons (Fsp3) is 0.241. The third kappa shape index (κ3) is 6.62. The lowest BCUT2D eigenvalue weighted by molar-refractivity contribution is 0.0953. The van der Waals surface area contributed by atoms with Crippen LogP contribution in [0.2, 0.25) is 0 Å². The van der Waals surface area contributed by atoms with Gasteiger partial charge in [0, 0.05) is 23.3 Å². The van der Waals surface area contributed by atoms with Gasteiger partial charge in [-0.2, -0.15) is 0 Å². The van der Waals surface area contributed by atoms with Crippen molar-refractivity contribution in [2.75, 3.05) is 12.4 Å². The highest BCUT2D eigenvalue weighted by Crippen LogP contribution is 2.35. The van der Waals surface area contributed by atoms with Crippen molar-refractivity contribution in [1.29, 1.82) is 0 Å². The maximum atomic E-state index is 12.5. The summed E-state index contributed by atoms with van der Waals surface area (Å²) < 4.78 is 11.9. The van der Waals surface area contributed by atoms with Crippen LogP contribution in [0.5, 0.6) is 5.75 Å². The summed E-state index contributed by atoms with van der Waals surface area (Å²) in [6, 6.07) is 26.9. The number of oxazole rings is 1. The first-order valence-corrected chi connectivity index (χ1v) is 12.7. The van der Waals surface area contributed by atoms with Gasteiger partial charge in [0.15, 0.2) is 11.5 Å². The number of aliphatic hydroxyl groups excluding tert-OH is 1. The van der Waals surface area contributed by atoms with Gasteiger partial charge < -0.3 is 14.3 Å². The molecule has 0 fully saturated rings. The number of nitrogens with zero attached hydrogens (tertiary/aromatic N) is 1. The second kappa shape index (κ2) is 11.9. The third-order valence-corrected chi connectivity index (χ3v) is 6.28. The van der Waals surface area contributed by atoms with Crippen molar-refractivity contribution in [2.24, 2.45) is 5.92 Å². The molecule has 180 valence electrons. The molecular weight excluding hydrogens is 458 g/mol. The second-order valence-electron chi connectivity index (χ2n) is 8.68. The first kappa shape index (κ1) is 24.8. The standard InChI is InChI=1S/C29H29NO4S/c1-20(2)17-25(32)24-15-9-10-16-26(24)33-18-23(31)19-35-29-30-27(21-11-5-3-6-12-21)28(34-29)22-13-7-4-8-14-22/h3-16,20,23,31H,17-19H2,1-2H3. The summed E-state index contributed by atoms with van der Waals surface area (Å²) in [4.78, 5) is 17.2.